The van der Waals surface area contributed by atoms with E-state index in [9.17, 15) is 24.3 Å². The second kappa shape index (κ2) is 17.2. The van der Waals surface area contributed by atoms with Crippen molar-refractivity contribution in [2.45, 2.75) is 52.0 Å². The monoisotopic (exact) mass is 626 g/mol. The van der Waals surface area contributed by atoms with E-state index in [4.69, 9.17) is 13.9 Å². The van der Waals surface area contributed by atoms with E-state index in [-0.39, 0.29) is 24.4 Å². The number of aliphatic carboxylic acids is 1. The number of anilines is 1. The van der Waals surface area contributed by atoms with Crippen LogP contribution >= 0.6 is 0 Å². The molecule has 0 saturated carbocycles. The summed E-state index contributed by atoms with van der Waals surface area (Å²) in [5.41, 5.74) is 1.77. The van der Waals surface area contributed by atoms with Gasteiger partial charge >= 0.3 is 11.9 Å². The van der Waals surface area contributed by atoms with Gasteiger partial charge in [-0.1, -0.05) is 44.7 Å². The molecule has 0 bridgehead atoms. The van der Waals surface area contributed by atoms with Gasteiger partial charge in [0, 0.05) is 17.8 Å². The van der Waals surface area contributed by atoms with Crippen molar-refractivity contribution >= 4 is 29.4 Å². The number of rotatable bonds is 17. The molecule has 2 amide bonds. The molecule has 4 aromatic rings. The first-order chi connectivity index (χ1) is 22.3. The number of unbranched alkanes of at least 4 members (excludes halogenated alkanes) is 4. The minimum atomic E-state index is -1.16. The zero-order chi connectivity index (χ0) is 32.7. The van der Waals surface area contributed by atoms with E-state index in [0.717, 1.165) is 12.8 Å². The maximum atomic E-state index is 13.2. The van der Waals surface area contributed by atoms with Crippen LogP contribution in [0.25, 0.3) is 0 Å². The highest BCUT2D eigenvalue weighted by Crippen LogP contribution is 2.19. The largest absolute Gasteiger partial charge is 0.494 e. The quantitative estimate of drug-likeness (QED) is 0.0746. The lowest BCUT2D eigenvalue weighted by molar-refractivity contribution is -0.137. The Bertz CT molecular complexity index is 1560. The highest BCUT2D eigenvalue weighted by atomic mass is 16.5. The summed E-state index contributed by atoms with van der Waals surface area (Å²) in [7, 11) is 0. The van der Waals surface area contributed by atoms with E-state index in [1.165, 1.54) is 42.6 Å². The molecule has 1 aromatic heterocycles. The number of furan rings is 1. The Morgan fingerprint density at radius 2 is 1.48 bits per heavy atom. The second-order valence-electron chi connectivity index (χ2n) is 10.8. The van der Waals surface area contributed by atoms with Gasteiger partial charge in [0.1, 0.15) is 23.8 Å². The van der Waals surface area contributed by atoms with Gasteiger partial charge in [0.05, 0.1) is 24.9 Å². The first kappa shape index (κ1) is 33.5. The van der Waals surface area contributed by atoms with Crippen LogP contribution in [0.5, 0.6) is 11.5 Å². The summed E-state index contributed by atoms with van der Waals surface area (Å²) in [5, 5.41) is 12.2. The van der Waals surface area contributed by atoms with Gasteiger partial charge < -0.3 is 29.2 Å². The number of carbonyl (C=O) groups is 4. The highest BCUT2D eigenvalue weighted by molar-refractivity contribution is 5.97. The molecule has 10 heteroatoms. The Morgan fingerprint density at radius 1 is 0.804 bits per heavy atom. The molecule has 0 fully saturated rings. The van der Waals surface area contributed by atoms with Crippen LogP contribution in [0, 0.1) is 0 Å². The molecule has 0 spiro atoms. The lowest BCUT2D eigenvalue weighted by atomic mass is 10.1. The molecule has 2 N–H and O–H groups in total. The molecule has 0 aliphatic heterocycles. The fourth-order valence-electron chi connectivity index (χ4n) is 4.65. The summed E-state index contributed by atoms with van der Waals surface area (Å²) >= 11 is 0. The fourth-order valence-corrected chi connectivity index (χ4v) is 4.65. The number of nitrogens with zero attached hydrogens (tertiary/aromatic N) is 1. The summed E-state index contributed by atoms with van der Waals surface area (Å²) in [5.74, 6) is -0.926. The van der Waals surface area contributed by atoms with Gasteiger partial charge in [0.15, 0.2) is 0 Å². The van der Waals surface area contributed by atoms with Crippen molar-refractivity contribution < 1.29 is 38.2 Å². The van der Waals surface area contributed by atoms with Gasteiger partial charge in [-0.3, -0.25) is 14.4 Å². The molecule has 0 aliphatic rings. The van der Waals surface area contributed by atoms with Crippen molar-refractivity contribution in [2.24, 2.45) is 0 Å². The summed E-state index contributed by atoms with van der Waals surface area (Å²) in [6.07, 6.45) is 7.32. The maximum Gasteiger partial charge on any atom is 0.343 e. The molecule has 1 heterocycles. The first-order valence-corrected chi connectivity index (χ1v) is 15.3. The SMILES string of the molecule is CCCCCCCOc1ccc(C(=O)Oc2ccc(CN(CC(=O)O)C(=O)c3ccc(NC(=O)Cc4ccco4)cc3)cc2)cc1. The van der Waals surface area contributed by atoms with Crippen molar-refractivity contribution in [2.75, 3.05) is 18.5 Å². The molecule has 4 rings (SSSR count). The third kappa shape index (κ3) is 10.7. The molecule has 0 unspecified atom stereocenters. The van der Waals surface area contributed by atoms with Crippen LogP contribution < -0.4 is 14.8 Å². The van der Waals surface area contributed by atoms with Crippen LogP contribution in [0.15, 0.2) is 95.6 Å². The first-order valence-electron chi connectivity index (χ1n) is 15.3. The van der Waals surface area contributed by atoms with Crippen LogP contribution in [0.2, 0.25) is 0 Å². The van der Waals surface area contributed by atoms with E-state index in [2.05, 4.69) is 12.2 Å². The van der Waals surface area contributed by atoms with Crippen LogP contribution in [0.1, 0.15) is 71.1 Å². The predicted molar refractivity (Wildman–Crippen MR) is 172 cm³/mol. The molecule has 0 radical (unpaired) electrons. The van der Waals surface area contributed by atoms with Gasteiger partial charge in [-0.2, -0.15) is 0 Å². The minimum absolute atomic E-state index is 0.0149. The third-order valence-corrected chi connectivity index (χ3v) is 7.06. The zero-order valence-electron chi connectivity index (χ0n) is 25.8. The molecule has 0 atom stereocenters. The normalized spacial score (nSPS) is 10.6. The number of esters is 1. The maximum absolute atomic E-state index is 13.2. The number of benzene rings is 3. The number of carbonyl (C=O) groups excluding carboxylic acids is 3. The molecule has 0 aliphatic carbocycles. The molecular formula is C36H38N2O8. The number of carboxylic acid groups (broad SMARTS) is 1. The van der Waals surface area contributed by atoms with Crippen molar-refractivity contribution in [3.8, 4) is 11.5 Å². The van der Waals surface area contributed by atoms with Crippen LogP contribution in [0.3, 0.4) is 0 Å². The Labute approximate surface area is 267 Å². The van der Waals surface area contributed by atoms with Crippen molar-refractivity contribution in [1.29, 1.82) is 0 Å². The molecule has 46 heavy (non-hydrogen) atoms. The summed E-state index contributed by atoms with van der Waals surface area (Å²) in [6.45, 7) is 2.31. The molecule has 240 valence electrons. The third-order valence-electron chi connectivity index (χ3n) is 7.06. The lowest BCUT2D eigenvalue weighted by Gasteiger charge is -2.21. The van der Waals surface area contributed by atoms with Crippen LogP contribution in [0.4, 0.5) is 5.69 Å². The molecule has 0 saturated heterocycles. The van der Waals surface area contributed by atoms with Crippen molar-refractivity contribution in [3.63, 3.8) is 0 Å². The Hall–Kier alpha value is -5.38. The van der Waals surface area contributed by atoms with E-state index in [1.54, 1.807) is 72.8 Å². The van der Waals surface area contributed by atoms with E-state index >= 15 is 0 Å². The Morgan fingerprint density at radius 3 is 2.13 bits per heavy atom. The minimum Gasteiger partial charge on any atom is -0.494 e. The summed E-state index contributed by atoms with van der Waals surface area (Å²) in [4.78, 5) is 50.9. The number of ether oxygens (including phenoxy) is 2. The zero-order valence-corrected chi connectivity index (χ0v) is 25.8. The summed E-state index contributed by atoms with van der Waals surface area (Å²) in [6, 6.07) is 22.9. The smallest absolute Gasteiger partial charge is 0.343 e. The van der Waals surface area contributed by atoms with Gasteiger partial charge in [0.2, 0.25) is 5.91 Å². The highest BCUT2D eigenvalue weighted by Gasteiger charge is 2.20. The number of carboxylic acids is 1. The van der Waals surface area contributed by atoms with Crippen molar-refractivity contribution in [3.05, 3.63) is 114 Å². The van der Waals surface area contributed by atoms with Crippen LogP contribution in [-0.4, -0.2) is 46.9 Å². The standard InChI is InChI=1S/C36H38N2O8/c1-2-3-4-5-6-21-44-30-19-13-28(14-20-30)36(43)46-31-17-9-26(10-18-31)24-38(25-34(40)41)35(42)27-11-15-29(16-12-27)37-33(39)23-32-8-7-22-45-32/h7-20,22H,2-6,21,23-25H2,1H3,(H,37,39)(H,40,41). The van der Waals surface area contributed by atoms with Gasteiger partial charge in [-0.05, 0) is 84.8 Å². The topological polar surface area (TPSA) is 135 Å². The fraction of sp³-hybridized carbons (Fsp3) is 0.278. The van der Waals surface area contributed by atoms with E-state index in [0.29, 0.717) is 40.7 Å². The van der Waals surface area contributed by atoms with Crippen LogP contribution in [-0.2, 0) is 22.6 Å². The Kier molecular flexibility index (Phi) is 12.5. The number of amides is 2. The molecule has 10 nitrogen and oxygen atoms in total. The molecule has 3 aromatic carbocycles. The molecular weight excluding hydrogens is 588 g/mol. The average Bonchev–Trinajstić information content (AvgIpc) is 3.56. The number of hydrogen-bond acceptors (Lipinski definition) is 7. The average molecular weight is 627 g/mol. The number of hydrogen-bond donors (Lipinski definition) is 2. The lowest BCUT2D eigenvalue weighted by Crippen LogP contribution is -2.35. The Balaban J connectivity index is 1.29. The predicted octanol–water partition coefficient (Wildman–Crippen LogP) is 6.76. The second-order valence-corrected chi connectivity index (χ2v) is 10.8. The van der Waals surface area contributed by atoms with Gasteiger partial charge in [0.25, 0.3) is 5.91 Å². The van der Waals surface area contributed by atoms with Gasteiger partial charge in [-0.25, -0.2) is 4.79 Å². The summed E-state index contributed by atoms with van der Waals surface area (Å²) < 4.78 is 16.4. The number of nitrogens with one attached hydrogen (secondary N) is 1. The van der Waals surface area contributed by atoms with Crippen molar-refractivity contribution in [1.82, 2.24) is 4.90 Å². The van der Waals surface area contributed by atoms with E-state index in [1.807, 2.05) is 0 Å². The van der Waals surface area contributed by atoms with Gasteiger partial charge in [-0.15, -0.1) is 0 Å². The van der Waals surface area contributed by atoms with E-state index < -0.39 is 24.4 Å².